The molecule has 1 fully saturated rings. The van der Waals surface area contributed by atoms with Gasteiger partial charge in [0.05, 0.1) is 12.1 Å². The molecule has 9 heteroatoms. The van der Waals surface area contributed by atoms with Crippen molar-refractivity contribution in [3.8, 4) is 5.19 Å². The number of halogens is 2. The quantitative estimate of drug-likeness (QED) is 0.325. The van der Waals surface area contributed by atoms with E-state index in [0.29, 0.717) is 29.3 Å². The van der Waals surface area contributed by atoms with Crippen molar-refractivity contribution < 1.29 is 22.7 Å². The molecule has 0 radical (unpaired) electrons. The van der Waals surface area contributed by atoms with Crippen molar-refractivity contribution in [2.24, 2.45) is 11.8 Å². The number of alkyl halides is 2. The van der Waals surface area contributed by atoms with Crippen LogP contribution in [-0.4, -0.2) is 46.3 Å². The molecule has 0 spiro atoms. The number of rotatable bonds is 10. The first kappa shape index (κ1) is 25.3. The molecule has 0 atom stereocenters. The molecule has 0 bridgehead atoms. The van der Waals surface area contributed by atoms with Crippen molar-refractivity contribution in [2.45, 2.75) is 70.8 Å². The summed E-state index contributed by atoms with van der Waals surface area (Å²) in [6.07, 6.45) is 7.46. The number of fused-ring (bicyclic) bond motifs is 2. The zero-order chi connectivity index (χ0) is 25.1. The number of ketones is 1. The number of carbonyl (C=O) groups is 1. The number of ether oxygens (including phenoxy) is 1. The van der Waals surface area contributed by atoms with Gasteiger partial charge in [0, 0.05) is 31.3 Å². The lowest BCUT2D eigenvalue weighted by Crippen LogP contribution is -2.32. The zero-order valence-corrected chi connectivity index (χ0v) is 21.5. The number of nitrogens with zero attached hydrogens (tertiary/aromatic N) is 3. The lowest BCUT2D eigenvalue weighted by Gasteiger charge is -2.31. The first-order chi connectivity index (χ1) is 17.3. The Morgan fingerprint density at radius 2 is 1.97 bits per heavy atom. The van der Waals surface area contributed by atoms with Gasteiger partial charge in [-0.1, -0.05) is 36.3 Å². The fraction of sp³-hybridized carbons (Fsp3) is 0.593. The van der Waals surface area contributed by atoms with Crippen LogP contribution in [-0.2, 0) is 24.2 Å². The average molecular weight is 518 g/mol. The van der Waals surface area contributed by atoms with Gasteiger partial charge in [0.1, 0.15) is 11.3 Å². The first-order valence-corrected chi connectivity index (χ1v) is 13.7. The Hall–Kier alpha value is -2.39. The summed E-state index contributed by atoms with van der Waals surface area (Å²) in [6.45, 7) is 2.98. The molecule has 1 aliphatic carbocycles. The first-order valence-electron chi connectivity index (χ1n) is 12.9. The van der Waals surface area contributed by atoms with Crippen LogP contribution in [0, 0.1) is 11.8 Å². The summed E-state index contributed by atoms with van der Waals surface area (Å²) >= 11 is 1.40. The molecule has 2 aromatic heterocycles. The molecule has 0 N–H and O–H groups in total. The molecule has 6 nitrogen and oxygen atoms in total. The van der Waals surface area contributed by atoms with E-state index < -0.39 is 12.5 Å². The second-order valence-corrected chi connectivity index (χ2v) is 11.5. The summed E-state index contributed by atoms with van der Waals surface area (Å²) in [6, 6.07) is 7.60. The molecule has 0 amide bonds. The van der Waals surface area contributed by atoms with Crippen molar-refractivity contribution in [2.75, 3.05) is 19.7 Å². The van der Waals surface area contributed by atoms with E-state index in [-0.39, 0.29) is 12.2 Å². The largest absolute Gasteiger partial charge is 0.464 e. The third-order valence-electron chi connectivity index (χ3n) is 7.26. The maximum absolute atomic E-state index is 13.1. The van der Waals surface area contributed by atoms with Crippen molar-refractivity contribution in [3.63, 3.8) is 0 Å². The van der Waals surface area contributed by atoms with Gasteiger partial charge in [-0.15, -0.1) is 0 Å². The predicted molar refractivity (Wildman–Crippen MR) is 135 cm³/mol. The van der Waals surface area contributed by atoms with Crippen molar-refractivity contribution in [3.05, 3.63) is 40.7 Å². The highest BCUT2D eigenvalue weighted by atomic mass is 32.1. The Balaban J connectivity index is 1.01. The highest BCUT2D eigenvalue weighted by Gasteiger charge is 2.27. The third-order valence-corrected chi connectivity index (χ3v) is 8.33. The number of Topliss-reactive ketones (excluding diaryl/α,β-unsaturated/α-hetero) is 1. The van der Waals surface area contributed by atoms with Crippen molar-refractivity contribution in [1.29, 1.82) is 0 Å². The number of aromatic nitrogens is 2. The average Bonchev–Trinajstić information content (AvgIpc) is 3.44. The fourth-order valence-electron chi connectivity index (χ4n) is 5.32. The molecule has 3 aromatic rings. The monoisotopic (exact) mass is 517 g/mol. The maximum atomic E-state index is 13.1. The van der Waals surface area contributed by atoms with Crippen molar-refractivity contribution in [1.82, 2.24) is 14.9 Å². The summed E-state index contributed by atoms with van der Waals surface area (Å²) in [4.78, 5) is 25.1. The lowest BCUT2D eigenvalue weighted by atomic mass is 9.78. The van der Waals surface area contributed by atoms with Crippen LogP contribution in [0.3, 0.4) is 0 Å². The van der Waals surface area contributed by atoms with Crippen LogP contribution in [0.15, 0.2) is 28.7 Å². The number of oxazole rings is 1. The zero-order valence-electron chi connectivity index (χ0n) is 20.7. The van der Waals surface area contributed by atoms with Crippen LogP contribution in [0.4, 0.5) is 8.78 Å². The highest BCUT2D eigenvalue weighted by Crippen LogP contribution is 2.34. The van der Waals surface area contributed by atoms with Gasteiger partial charge in [0.25, 0.3) is 11.1 Å². The van der Waals surface area contributed by atoms with Gasteiger partial charge in [0.2, 0.25) is 5.89 Å². The van der Waals surface area contributed by atoms with E-state index >= 15 is 0 Å². The van der Waals surface area contributed by atoms with Crippen LogP contribution < -0.4 is 4.74 Å². The van der Waals surface area contributed by atoms with Crippen LogP contribution >= 0.6 is 11.3 Å². The normalized spacial score (nSPS) is 21.0. The minimum Gasteiger partial charge on any atom is -0.464 e. The molecule has 1 saturated carbocycles. The second kappa shape index (κ2) is 10.9. The van der Waals surface area contributed by atoms with E-state index in [1.54, 1.807) is 0 Å². The van der Waals surface area contributed by atoms with E-state index in [2.05, 4.69) is 14.9 Å². The van der Waals surface area contributed by atoms with Gasteiger partial charge >= 0.3 is 0 Å². The molecule has 0 saturated heterocycles. The SMILES string of the molecule is CC(F)(F)COc1nc2c(s1)CCN(CCC1CCC(CC(=O)Cc3nc4ccccc4o3)CC1)C2. The van der Waals surface area contributed by atoms with Gasteiger partial charge in [-0.2, -0.15) is 0 Å². The lowest BCUT2D eigenvalue weighted by molar-refractivity contribution is -0.119. The van der Waals surface area contributed by atoms with Gasteiger partial charge < -0.3 is 9.15 Å². The molecular formula is C27H33F2N3O3S. The molecule has 5 rings (SSSR count). The van der Waals surface area contributed by atoms with E-state index in [4.69, 9.17) is 9.15 Å². The Labute approximate surface area is 214 Å². The van der Waals surface area contributed by atoms with Crippen LogP contribution in [0.2, 0.25) is 0 Å². The third kappa shape index (κ3) is 6.68. The van der Waals surface area contributed by atoms with Gasteiger partial charge in [-0.25, -0.2) is 18.7 Å². The van der Waals surface area contributed by atoms with Crippen LogP contribution in [0.1, 0.15) is 61.9 Å². The van der Waals surface area contributed by atoms with E-state index in [9.17, 15) is 13.6 Å². The fourth-order valence-corrected chi connectivity index (χ4v) is 6.22. The second-order valence-electron chi connectivity index (χ2n) is 10.4. The minimum atomic E-state index is -2.85. The van der Waals surface area contributed by atoms with Gasteiger partial charge in [-0.05, 0) is 56.2 Å². The summed E-state index contributed by atoms with van der Waals surface area (Å²) in [5.41, 5.74) is 2.51. The van der Waals surface area contributed by atoms with Gasteiger partial charge in [-0.3, -0.25) is 9.69 Å². The molecule has 3 heterocycles. The smallest absolute Gasteiger partial charge is 0.278 e. The molecule has 1 aliphatic heterocycles. The standard InChI is InChI=1S/C27H33F2N3O3S/c1-27(28,29)17-34-26-31-22-16-32(13-11-24(22)36-26)12-10-18-6-8-19(9-7-18)14-20(33)15-25-30-21-4-2-3-5-23(21)35-25/h2-5,18-19H,6-17H2,1H3. The Bertz CT molecular complexity index is 1150. The maximum Gasteiger partial charge on any atom is 0.278 e. The highest BCUT2D eigenvalue weighted by molar-refractivity contribution is 7.13. The number of para-hydroxylation sites is 2. The molecule has 194 valence electrons. The Kier molecular flexibility index (Phi) is 7.67. The predicted octanol–water partition coefficient (Wildman–Crippen LogP) is 6.07. The number of hydrogen-bond acceptors (Lipinski definition) is 7. The minimum absolute atomic E-state index is 0.211. The Morgan fingerprint density at radius 3 is 2.75 bits per heavy atom. The van der Waals surface area contributed by atoms with Gasteiger partial charge in [0.15, 0.2) is 12.2 Å². The molecule has 0 unspecified atom stereocenters. The summed E-state index contributed by atoms with van der Waals surface area (Å²) in [5.74, 6) is -0.975. The molecule has 2 aliphatic rings. The topological polar surface area (TPSA) is 68.5 Å². The molecular weight excluding hydrogens is 484 g/mol. The molecule has 36 heavy (non-hydrogen) atoms. The number of carbonyl (C=O) groups excluding carboxylic acids is 1. The number of thiazole rings is 1. The van der Waals surface area contributed by atoms with E-state index in [1.807, 2.05) is 24.3 Å². The summed E-state index contributed by atoms with van der Waals surface area (Å²) in [5, 5.41) is 0.354. The van der Waals surface area contributed by atoms with E-state index in [1.165, 1.54) is 24.2 Å². The van der Waals surface area contributed by atoms with Crippen molar-refractivity contribution >= 4 is 28.2 Å². The van der Waals surface area contributed by atoms with Crippen LogP contribution in [0.5, 0.6) is 5.19 Å². The number of benzene rings is 1. The molecule has 1 aromatic carbocycles. The number of hydrogen-bond donors (Lipinski definition) is 0. The van der Waals surface area contributed by atoms with E-state index in [0.717, 1.165) is 73.9 Å². The van der Waals surface area contributed by atoms with Crippen LogP contribution in [0.25, 0.3) is 11.1 Å². The summed E-state index contributed by atoms with van der Waals surface area (Å²) < 4.78 is 37.0. The Morgan fingerprint density at radius 1 is 1.19 bits per heavy atom. The summed E-state index contributed by atoms with van der Waals surface area (Å²) in [7, 11) is 0.